The molecule has 2 nitrogen and oxygen atoms in total. The third-order valence-corrected chi connectivity index (χ3v) is 17.8. The van der Waals surface area contributed by atoms with E-state index in [-0.39, 0.29) is 17.5 Å². The van der Waals surface area contributed by atoms with E-state index in [1.165, 1.54) is 101 Å². The van der Waals surface area contributed by atoms with E-state index in [0.717, 1.165) is 0 Å². The summed E-state index contributed by atoms with van der Waals surface area (Å²) in [6.07, 6.45) is 0. The molecule has 2 aliphatic carbocycles. The predicted molar refractivity (Wildman–Crippen MR) is 237 cm³/mol. The van der Waals surface area contributed by atoms with Crippen molar-refractivity contribution in [3.8, 4) is 22.3 Å². The molecule has 0 saturated heterocycles. The van der Waals surface area contributed by atoms with Crippen LogP contribution in [-0.4, -0.2) is 14.8 Å². The van der Waals surface area contributed by atoms with Crippen molar-refractivity contribution < 1.29 is 0 Å². The maximum Gasteiger partial charge on any atom is 0.251 e. The van der Waals surface area contributed by atoms with Crippen LogP contribution in [0.5, 0.6) is 0 Å². The van der Waals surface area contributed by atoms with Crippen LogP contribution in [0.1, 0.15) is 55.5 Å². The molecule has 0 spiro atoms. The van der Waals surface area contributed by atoms with Crippen molar-refractivity contribution in [2.75, 3.05) is 9.80 Å². The van der Waals surface area contributed by atoms with Gasteiger partial charge in [-0.05, 0) is 122 Å². The average molecular weight is 723 g/mol. The molecular formula is C51H43BN2Si. The Bertz CT molecular complexity index is 2710. The van der Waals surface area contributed by atoms with E-state index in [9.17, 15) is 0 Å². The van der Waals surface area contributed by atoms with Gasteiger partial charge < -0.3 is 9.80 Å². The molecular weight excluding hydrogens is 679 g/mol. The fourth-order valence-corrected chi connectivity index (χ4v) is 14.9. The summed E-state index contributed by atoms with van der Waals surface area (Å²) < 4.78 is 0. The van der Waals surface area contributed by atoms with Crippen LogP contribution < -0.4 is 36.6 Å². The van der Waals surface area contributed by atoms with Gasteiger partial charge in [-0.2, -0.15) is 0 Å². The lowest BCUT2D eigenvalue weighted by Crippen LogP contribution is -2.79. The molecule has 4 heteroatoms. The summed E-state index contributed by atoms with van der Waals surface area (Å²) in [5, 5.41) is 3.14. The maximum atomic E-state index is 2.63. The molecule has 3 heterocycles. The molecule has 0 radical (unpaired) electrons. The Morgan fingerprint density at radius 1 is 0.436 bits per heavy atom. The summed E-state index contributed by atoms with van der Waals surface area (Å²) in [5.74, 6) is 0. The first kappa shape index (κ1) is 31.7. The number of hydrogen-bond acceptors (Lipinski definition) is 2. The van der Waals surface area contributed by atoms with Crippen LogP contribution in [0.3, 0.4) is 0 Å². The summed E-state index contributed by atoms with van der Waals surface area (Å²) in [4.78, 5) is 5.26. The third-order valence-electron chi connectivity index (χ3n) is 14.3. The van der Waals surface area contributed by atoms with Gasteiger partial charge in [0.15, 0.2) is 0 Å². The fraction of sp³-hybridized carbons (Fsp3) is 0.176. The Hall–Kier alpha value is -5.58. The molecule has 7 aromatic carbocycles. The number of benzene rings is 7. The molecule has 7 aromatic rings. The Morgan fingerprint density at radius 3 is 1.35 bits per heavy atom. The average Bonchev–Trinajstić information content (AvgIpc) is 3.55. The summed E-state index contributed by atoms with van der Waals surface area (Å²) in [6, 6.07) is 51.9. The van der Waals surface area contributed by atoms with Crippen LogP contribution in [0, 0.1) is 6.92 Å². The first-order valence-electron chi connectivity index (χ1n) is 20.0. The Kier molecular flexibility index (Phi) is 5.88. The van der Waals surface area contributed by atoms with Crippen LogP contribution in [0.4, 0.5) is 34.1 Å². The van der Waals surface area contributed by atoms with Crippen LogP contribution in [0.15, 0.2) is 133 Å². The van der Waals surface area contributed by atoms with Crippen molar-refractivity contribution >= 4 is 75.7 Å². The van der Waals surface area contributed by atoms with Gasteiger partial charge in [0.25, 0.3) is 6.71 Å². The van der Waals surface area contributed by atoms with Gasteiger partial charge in [0.2, 0.25) is 0 Å². The van der Waals surface area contributed by atoms with Crippen molar-refractivity contribution in [1.82, 2.24) is 0 Å². The van der Waals surface area contributed by atoms with Crippen molar-refractivity contribution in [1.29, 1.82) is 0 Å². The second kappa shape index (κ2) is 10.2. The molecule has 0 bridgehead atoms. The number of nitrogens with zero attached hydrogens (tertiary/aromatic N) is 2. The highest BCUT2D eigenvalue weighted by molar-refractivity contribution is 7.16. The van der Waals surface area contributed by atoms with Gasteiger partial charge in [0.1, 0.15) is 8.07 Å². The Balaban J connectivity index is 1.14. The first-order valence-corrected chi connectivity index (χ1v) is 23.0. The summed E-state index contributed by atoms with van der Waals surface area (Å²) in [7, 11) is -2.10. The van der Waals surface area contributed by atoms with Gasteiger partial charge in [-0.1, -0.05) is 136 Å². The molecule has 0 amide bonds. The predicted octanol–water partition coefficient (Wildman–Crippen LogP) is 9.83. The van der Waals surface area contributed by atoms with E-state index in [4.69, 9.17) is 0 Å². The molecule has 0 aromatic heterocycles. The van der Waals surface area contributed by atoms with Crippen LogP contribution in [0.2, 0.25) is 13.1 Å². The number of anilines is 6. The van der Waals surface area contributed by atoms with Crippen molar-refractivity contribution in [3.63, 3.8) is 0 Å². The first-order chi connectivity index (χ1) is 26.5. The maximum absolute atomic E-state index is 2.63. The van der Waals surface area contributed by atoms with Gasteiger partial charge in [0, 0.05) is 45.0 Å². The third kappa shape index (κ3) is 3.77. The molecule has 0 fully saturated rings. The standard InChI is InChI=1S/C51H43BN2Si/c1-30-26-43-47-44(27-30)54(32-23-25-36-34-15-9-11-17-38(34)51(4,5)40(36)29-32)42-19-13-21-46-49(42)52(47)48-41(18-12-20-45(48)55(46,6)7)53(43)31-22-24-35-33-14-8-10-16-37(33)50(2,3)39(35)28-31/h8-29H,1-7H3. The van der Waals surface area contributed by atoms with Gasteiger partial charge in [0.05, 0.1) is 0 Å². The van der Waals surface area contributed by atoms with Crippen LogP contribution in [0.25, 0.3) is 22.3 Å². The quantitative estimate of drug-likeness (QED) is 0.164. The minimum atomic E-state index is -2.10. The zero-order chi connectivity index (χ0) is 37.3. The lowest BCUT2D eigenvalue weighted by atomic mass is 9.33. The normalized spacial score (nSPS) is 17.3. The van der Waals surface area contributed by atoms with Gasteiger partial charge in [-0.3, -0.25) is 0 Å². The highest BCUT2D eigenvalue weighted by Gasteiger charge is 2.52. The molecule has 0 atom stereocenters. The topological polar surface area (TPSA) is 6.48 Å². The van der Waals surface area contributed by atoms with Crippen molar-refractivity contribution in [3.05, 3.63) is 161 Å². The second-order valence-corrected chi connectivity index (χ2v) is 22.6. The zero-order valence-electron chi connectivity index (χ0n) is 32.7. The Labute approximate surface area is 326 Å². The molecule has 264 valence electrons. The Morgan fingerprint density at radius 2 is 0.873 bits per heavy atom. The summed E-state index contributed by atoms with van der Waals surface area (Å²) in [6.45, 7) is 17.2. The summed E-state index contributed by atoms with van der Waals surface area (Å²) >= 11 is 0. The largest absolute Gasteiger partial charge is 0.311 e. The molecule has 0 saturated carbocycles. The highest BCUT2D eigenvalue weighted by Crippen LogP contribution is 2.53. The van der Waals surface area contributed by atoms with E-state index >= 15 is 0 Å². The van der Waals surface area contributed by atoms with Crippen molar-refractivity contribution in [2.45, 2.75) is 58.5 Å². The van der Waals surface area contributed by atoms with Crippen molar-refractivity contribution in [2.24, 2.45) is 0 Å². The number of aryl methyl sites for hydroxylation is 1. The molecule has 55 heavy (non-hydrogen) atoms. The van der Waals surface area contributed by atoms with E-state index < -0.39 is 8.07 Å². The fourth-order valence-electron chi connectivity index (χ4n) is 11.7. The molecule has 0 N–H and O–H groups in total. The number of fused-ring (bicyclic) bond motifs is 6. The summed E-state index contributed by atoms with van der Waals surface area (Å²) in [5.41, 5.74) is 24.5. The van der Waals surface area contributed by atoms with E-state index in [2.05, 4.69) is 191 Å². The molecule has 12 rings (SSSR count). The zero-order valence-corrected chi connectivity index (χ0v) is 33.7. The lowest BCUT2D eigenvalue weighted by molar-refractivity contribution is 0.660. The molecule has 3 aliphatic heterocycles. The second-order valence-electron chi connectivity index (χ2n) is 18.2. The molecule has 0 unspecified atom stereocenters. The van der Waals surface area contributed by atoms with E-state index in [0.29, 0.717) is 0 Å². The molecule has 5 aliphatic rings. The van der Waals surface area contributed by atoms with Gasteiger partial charge in [-0.25, -0.2) is 0 Å². The van der Waals surface area contributed by atoms with Gasteiger partial charge >= 0.3 is 0 Å². The number of hydrogen-bond donors (Lipinski definition) is 0. The highest BCUT2D eigenvalue weighted by atomic mass is 28.3. The monoisotopic (exact) mass is 722 g/mol. The minimum Gasteiger partial charge on any atom is -0.311 e. The van der Waals surface area contributed by atoms with E-state index in [1.807, 2.05) is 0 Å². The van der Waals surface area contributed by atoms with Crippen LogP contribution in [-0.2, 0) is 10.8 Å². The van der Waals surface area contributed by atoms with E-state index in [1.54, 1.807) is 10.4 Å². The minimum absolute atomic E-state index is 0.0804. The smallest absolute Gasteiger partial charge is 0.251 e. The lowest BCUT2D eigenvalue weighted by Gasteiger charge is -2.50. The number of rotatable bonds is 2. The van der Waals surface area contributed by atoms with Gasteiger partial charge in [-0.15, -0.1) is 0 Å². The van der Waals surface area contributed by atoms with Crippen LogP contribution >= 0.6 is 0 Å². The SMILES string of the molecule is Cc1cc2c3c(c1)N(c1ccc4c(c1)C(C)(C)c1ccccc1-4)c1cccc4c1B3c1c(cccc1[Si]4(C)C)N2c1ccc2c(c1)C(C)(C)c1ccccc1-2.